The van der Waals surface area contributed by atoms with Crippen LogP contribution < -0.4 is 0 Å². The molecule has 2 rings (SSSR count). The summed E-state index contributed by atoms with van der Waals surface area (Å²) < 4.78 is 55.8. The van der Waals surface area contributed by atoms with Gasteiger partial charge >= 0.3 is 6.18 Å². The lowest BCUT2D eigenvalue weighted by atomic mass is 10.1. The molecule has 0 atom stereocenters. The van der Waals surface area contributed by atoms with Crippen molar-refractivity contribution >= 4 is 6.29 Å². The standard InChI is InChI=1S/C12H6F4O2/c13-10-3-1-7(12(14,15)16)5-9(10)11-4-2-8(6-17)18-11/h1-6H. The highest BCUT2D eigenvalue weighted by Gasteiger charge is 2.31. The molecule has 0 aliphatic rings. The minimum absolute atomic E-state index is 0.0817. The molecule has 0 unspecified atom stereocenters. The minimum atomic E-state index is -4.57. The molecule has 0 saturated carbocycles. The van der Waals surface area contributed by atoms with E-state index in [-0.39, 0.29) is 17.1 Å². The first kappa shape index (κ1) is 12.3. The van der Waals surface area contributed by atoms with Gasteiger partial charge in [-0.2, -0.15) is 13.2 Å². The second kappa shape index (κ2) is 4.29. The Morgan fingerprint density at radius 1 is 1.11 bits per heavy atom. The molecule has 0 amide bonds. The number of aldehydes is 1. The van der Waals surface area contributed by atoms with Gasteiger partial charge in [-0.3, -0.25) is 4.79 Å². The van der Waals surface area contributed by atoms with Gasteiger partial charge in [0.15, 0.2) is 12.0 Å². The van der Waals surface area contributed by atoms with E-state index >= 15 is 0 Å². The zero-order chi connectivity index (χ0) is 13.3. The fraction of sp³-hybridized carbons (Fsp3) is 0.0833. The Hall–Kier alpha value is -2.11. The predicted octanol–water partition coefficient (Wildman–Crippen LogP) is 3.92. The van der Waals surface area contributed by atoms with E-state index in [9.17, 15) is 22.4 Å². The maximum Gasteiger partial charge on any atom is 0.416 e. The van der Waals surface area contributed by atoms with Gasteiger partial charge in [-0.05, 0) is 30.3 Å². The van der Waals surface area contributed by atoms with Crippen LogP contribution in [0.3, 0.4) is 0 Å². The molecule has 0 aliphatic heterocycles. The van der Waals surface area contributed by atoms with Crippen LogP contribution in [-0.2, 0) is 6.18 Å². The number of benzene rings is 1. The number of carbonyl (C=O) groups is 1. The summed E-state index contributed by atoms with van der Waals surface area (Å²) in [5.74, 6) is -1.06. The van der Waals surface area contributed by atoms with E-state index in [1.54, 1.807) is 0 Å². The van der Waals surface area contributed by atoms with Crippen molar-refractivity contribution < 1.29 is 26.8 Å². The quantitative estimate of drug-likeness (QED) is 0.603. The van der Waals surface area contributed by atoms with Crippen molar-refractivity contribution in [3.63, 3.8) is 0 Å². The summed E-state index contributed by atoms with van der Waals surface area (Å²) in [6, 6.07) is 4.48. The molecule has 0 N–H and O–H groups in total. The molecule has 0 aliphatic carbocycles. The maximum atomic E-state index is 13.4. The molecule has 1 aromatic carbocycles. The molecule has 2 nitrogen and oxygen atoms in total. The van der Waals surface area contributed by atoms with Gasteiger partial charge in [0, 0.05) is 0 Å². The van der Waals surface area contributed by atoms with Gasteiger partial charge in [-0.15, -0.1) is 0 Å². The lowest BCUT2D eigenvalue weighted by Crippen LogP contribution is -2.05. The van der Waals surface area contributed by atoms with Crippen LogP contribution in [0.1, 0.15) is 16.1 Å². The van der Waals surface area contributed by atoms with Crippen molar-refractivity contribution in [2.75, 3.05) is 0 Å². The minimum Gasteiger partial charge on any atom is -0.453 e. The molecule has 18 heavy (non-hydrogen) atoms. The largest absolute Gasteiger partial charge is 0.453 e. The summed E-state index contributed by atoms with van der Waals surface area (Å²) in [4.78, 5) is 10.4. The van der Waals surface area contributed by atoms with Crippen LogP contribution >= 0.6 is 0 Å². The SMILES string of the molecule is O=Cc1ccc(-c2cc(C(F)(F)F)ccc2F)o1. The van der Waals surface area contributed by atoms with Crippen LogP contribution in [-0.4, -0.2) is 6.29 Å². The van der Waals surface area contributed by atoms with Crippen LogP contribution in [0.15, 0.2) is 34.7 Å². The molecule has 0 fully saturated rings. The van der Waals surface area contributed by atoms with Crippen LogP contribution in [0.25, 0.3) is 11.3 Å². The van der Waals surface area contributed by atoms with Crippen LogP contribution in [0.5, 0.6) is 0 Å². The first-order valence-electron chi connectivity index (χ1n) is 4.84. The smallest absolute Gasteiger partial charge is 0.416 e. The number of alkyl halides is 3. The normalized spacial score (nSPS) is 11.6. The van der Waals surface area contributed by atoms with E-state index < -0.39 is 17.6 Å². The molecule has 6 heteroatoms. The Labute approximate surface area is 98.8 Å². The van der Waals surface area contributed by atoms with Crippen LogP contribution in [0.4, 0.5) is 17.6 Å². The number of hydrogen-bond acceptors (Lipinski definition) is 2. The number of rotatable bonds is 2. The molecule has 1 aromatic heterocycles. The van der Waals surface area contributed by atoms with E-state index in [0.717, 1.165) is 0 Å². The average Bonchev–Trinajstić information content (AvgIpc) is 2.76. The first-order chi connectivity index (χ1) is 8.41. The molecular formula is C12H6F4O2. The van der Waals surface area contributed by atoms with Gasteiger partial charge in [0.2, 0.25) is 0 Å². The van der Waals surface area contributed by atoms with Gasteiger partial charge in [0.25, 0.3) is 0 Å². The summed E-state index contributed by atoms with van der Waals surface area (Å²) >= 11 is 0. The Morgan fingerprint density at radius 2 is 1.83 bits per heavy atom. The van der Waals surface area contributed by atoms with Gasteiger partial charge in [0.05, 0.1) is 11.1 Å². The van der Waals surface area contributed by atoms with Gasteiger partial charge in [0.1, 0.15) is 11.6 Å². The van der Waals surface area contributed by atoms with Crippen LogP contribution in [0, 0.1) is 5.82 Å². The fourth-order valence-electron chi connectivity index (χ4n) is 1.45. The summed E-state index contributed by atoms with van der Waals surface area (Å²) in [6.07, 6.45) is -4.18. The molecule has 1 heterocycles. The highest BCUT2D eigenvalue weighted by atomic mass is 19.4. The first-order valence-corrected chi connectivity index (χ1v) is 4.84. The second-order valence-corrected chi connectivity index (χ2v) is 3.51. The van der Waals surface area contributed by atoms with Crippen molar-refractivity contribution in [2.45, 2.75) is 6.18 Å². The lowest BCUT2D eigenvalue weighted by molar-refractivity contribution is -0.137. The van der Waals surface area contributed by atoms with E-state index in [1.807, 2.05) is 0 Å². The third-order valence-electron chi connectivity index (χ3n) is 2.30. The summed E-state index contributed by atoms with van der Waals surface area (Å²) in [6.45, 7) is 0. The molecule has 0 saturated heterocycles. The molecule has 94 valence electrons. The van der Waals surface area contributed by atoms with Crippen molar-refractivity contribution in [2.24, 2.45) is 0 Å². The van der Waals surface area contributed by atoms with Gasteiger partial charge < -0.3 is 4.42 Å². The second-order valence-electron chi connectivity index (χ2n) is 3.51. The summed E-state index contributed by atoms with van der Waals surface area (Å²) in [5.41, 5.74) is -1.32. The van der Waals surface area contributed by atoms with Gasteiger partial charge in [-0.25, -0.2) is 4.39 Å². The summed E-state index contributed by atoms with van der Waals surface area (Å²) in [7, 11) is 0. The van der Waals surface area contributed by atoms with E-state index in [1.165, 1.54) is 12.1 Å². The van der Waals surface area contributed by atoms with E-state index in [0.29, 0.717) is 24.5 Å². The molecule has 0 radical (unpaired) electrons. The topological polar surface area (TPSA) is 30.2 Å². The van der Waals surface area contributed by atoms with E-state index in [2.05, 4.69) is 0 Å². The monoisotopic (exact) mass is 258 g/mol. The van der Waals surface area contributed by atoms with Crippen molar-refractivity contribution in [3.8, 4) is 11.3 Å². The van der Waals surface area contributed by atoms with Crippen molar-refractivity contribution in [1.29, 1.82) is 0 Å². The van der Waals surface area contributed by atoms with Crippen molar-refractivity contribution in [1.82, 2.24) is 0 Å². The number of carbonyl (C=O) groups excluding carboxylic acids is 1. The number of furan rings is 1. The van der Waals surface area contributed by atoms with E-state index in [4.69, 9.17) is 4.42 Å². The summed E-state index contributed by atoms with van der Waals surface area (Å²) in [5, 5.41) is 0. The Kier molecular flexibility index (Phi) is 2.94. The van der Waals surface area contributed by atoms with Gasteiger partial charge in [-0.1, -0.05) is 0 Å². The van der Waals surface area contributed by atoms with Crippen LogP contribution in [0.2, 0.25) is 0 Å². The third kappa shape index (κ3) is 2.27. The average molecular weight is 258 g/mol. The Bertz CT molecular complexity index is 584. The predicted molar refractivity (Wildman–Crippen MR) is 54.5 cm³/mol. The number of hydrogen-bond donors (Lipinski definition) is 0. The maximum absolute atomic E-state index is 13.4. The molecule has 0 spiro atoms. The highest BCUT2D eigenvalue weighted by molar-refractivity contribution is 5.73. The zero-order valence-electron chi connectivity index (χ0n) is 8.79. The molecular weight excluding hydrogens is 252 g/mol. The number of halogens is 4. The highest BCUT2D eigenvalue weighted by Crippen LogP contribution is 2.33. The zero-order valence-corrected chi connectivity index (χ0v) is 8.79. The Balaban J connectivity index is 2.52. The lowest BCUT2D eigenvalue weighted by Gasteiger charge is -2.08. The molecule has 2 aromatic rings. The third-order valence-corrected chi connectivity index (χ3v) is 2.30. The fourth-order valence-corrected chi connectivity index (χ4v) is 1.45. The molecule has 0 bridgehead atoms. The van der Waals surface area contributed by atoms with Crippen molar-refractivity contribution in [3.05, 3.63) is 47.5 Å². The Morgan fingerprint density at radius 3 is 2.39 bits per heavy atom.